The highest BCUT2D eigenvalue weighted by Gasteiger charge is 2.26. The van der Waals surface area contributed by atoms with E-state index in [1.165, 1.54) is 18.2 Å². The van der Waals surface area contributed by atoms with E-state index < -0.39 is 11.6 Å². The number of amides is 1. The maximum Gasteiger partial charge on any atom is 0.234 e. The molecule has 0 spiro atoms. The van der Waals surface area contributed by atoms with Gasteiger partial charge in [0.05, 0.1) is 12.6 Å². The van der Waals surface area contributed by atoms with Gasteiger partial charge in [-0.1, -0.05) is 6.07 Å². The first-order valence-corrected chi connectivity index (χ1v) is 7.57. The van der Waals surface area contributed by atoms with Crippen molar-refractivity contribution >= 4 is 5.91 Å². The fourth-order valence-corrected chi connectivity index (χ4v) is 2.76. The Morgan fingerprint density at radius 3 is 2.73 bits per heavy atom. The molecule has 1 amide bonds. The van der Waals surface area contributed by atoms with Gasteiger partial charge in [0, 0.05) is 18.7 Å². The molecule has 1 saturated heterocycles. The Balaban J connectivity index is 1.73. The summed E-state index contributed by atoms with van der Waals surface area (Å²) in [4.78, 5) is 13.8. The smallest absolute Gasteiger partial charge is 0.234 e. The zero-order valence-corrected chi connectivity index (χ0v) is 12.7. The third kappa shape index (κ3) is 4.48. The molecular weight excluding hydrogens is 290 g/mol. The van der Waals surface area contributed by atoms with E-state index in [4.69, 9.17) is 0 Å². The lowest BCUT2D eigenvalue weighted by molar-refractivity contribution is -0.122. The number of rotatable bonds is 6. The van der Waals surface area contributed by atoms with Gasteiger partial charge < -0.3 is 10.4 Å². The van der Waals surface area contributed by atoms with Crippen LogP contribution < -0.4 is 5.32 Å². The molecule has 0 aromatic heterocycles. The van der Waals surface area contributed by atoms with Gasteiger partial charge in [0.25, 0.3) is 0 Å². The summed E-state index contributed by atoms with van der Waals surface area (Å²) < 4.78 is 26.9. The fourth-order valence-electron chi connectivity index (χ4n) is 2.76. The predicted octanol–water partition coefficient (Wildman–Crippen LogP) is 1.33. The molecule has 2 atom stereocenters. The number of carbonyl (C=O) groups is 1. The minimum atomic E-state index is -0.589. The number of hydrogen-bond acceptors (Lipinski definition) is 3. The van der Waals surface area contributed by atoms with Crippen LogP contribution in [-0.2, 0) is 11.2 Å². The van der Waals surface area contributed by atoms with Crippen LogP contribution in [0.25, 0.3) is 0 Å². The molecule has 2 unspecified atom stereocenters. The Morgan fingerprint density at radius 1 is 1.45 bits per heavy atom. The molecule has 2 rings (SSSR count). The van der Waals surface area contributed by atoms with Gasteiger partial charge in [0.2, 0.25) is 5.91 Å². The minimum absolute atomic E-state index is 0.00172. The number of aliphatic hydroxyl groups is 1. The van der Waals surface area contributed by atoms with Crippen molar-refractivity contribution in [1.29, 1.82) is 0 Å². The van der Waals surface area contributed by atoms with Crippen LogP contribution in [-0.4, -0.2) is 48.2 Å². The van der Waals surface area contributed by atoms with Crippen LogP contribution in [0.3, 0.4) is 0 Å². The van der Waals surface area contributed by atoms with Crippen LogP contribution in [0.4, 0.5) is 8.78 Å². The predicted molar refractivity (Wildman–Crippen MR) is 79.3 cm³/mol. The average molecular weight is 312 g/mol. The molecule has 1 aromatic carbocycles. The van der Waals surface area contributed by atoms with Crippen LogP contribution in [0.15, 0.2) is 18.2 Å². The first-order valence-electron chi connectivity index (χ1n) is 7.57. The minimum Gasteiger partial charge on any atom is -0.393 e. The van der Waals surface area contributed by atoms with Crippen molar-refractivity contribution in [3.05, 3.63) is 35.4 Å². The number of benzene rings is 1. The molecule has 122 valence electrons. The SMILES string of the molecule is CC(O)C1CCN(CC(=O)NCCc2c(F)cccc2F)C1. The second-order valence-corrected chi connectivity index (χ2v) is 5.82. The standard InChI is InChI=1S/C16H22F2N2O2/c1-11(21)12-6-8-20(9-12)10-16(22)19-7-5-13-14(17)3-2-4-15(13)18/h2-4,11-12,21H,5-10H2,1H3,(H,19,22). The summed E-state index contributed by atoms with van der Waals surface area (Å²) in [5.74, 6) is -1.13. The highest BCUT2D eigenvalue weighted by atomic mass is 19.1. The Labute approximate surface area is 129 Å². The van der Waals surface area contributed by atoms with Gasteiger partial charge in [-0.05, 0) is 44.4 Å². The van der Waals surface area contributed by atoms with Crippen molar-refractivity contribution < 1.29 is 18.7 Å². The molecule has 0 bridgehead atoms. The number of carbonyl (C=O) groups excluding carboxylic acids is 1. The van der Waals surface area contributed by atoms with Crippen molar-refractivity contribution in [3.63, 3.8) is 0 Å². The van der Waals surface area contributed by atoms with Gasteiger partial charge in [-0.3, -0.25) is 9.69 Å². The fraction of sp³-hybridized carbons (Fsp3) is 0.562. The number of nitrogens with one attached hydrogen (secondary N) is 1. The molecule has 22 heavy (non-hydrogen) atoms. The Morgan fingerprint density at radius 2 is 2.14 bits per heavy atom. The van der Waals surface area contributed by atoms with E-state index in [0.29, 0.717) is 6.54 Å². The maximum absolute atomic E-state index is 13.4. The van der Waals surface area contributed by atoms with Gasteiger partial charge in [0.15, 0.2) is 0 Å². The van der Waals surface area contributed by atoms with E-state index in [2.05, 4.69) is 5.32 Å². The number of hydrogen-bond donors (Lipinski definition) is 2. The summed E-state index contributed by atoms with van der Waals surface area (Å²) in [7, 11) is 0. The summed E-state index contributed by atoms with van der Waals surface area (Å²) in [6.45, 7) is 3.70. The third-order valence-corrected chi connectivity index (χ3v) is 4.12. The van der Waals surface area contributed by atoms with E-state index in [9.17, 15) is 18.7 Å². The molecule has 0 radical (unpaired) electrons. The summed E-state index contributed by atoms with van der Waals surface area (Å²) in [5.41, 5.74) is -0.00172. The average Bonchev–Trinajstić information content (AvgIpc) is 2.91. The quantitative estimate of drug-likeness (QED) is 0.833. The Hall–Kier alpha value is -1.53. The third-order valence-electron chi connectivity index (χ3n) is 4.12. The zero-order chi connectivity index (χ0) is 16.1. The van der Waals surface area contributed by atoms with Crippen molar-refractivity contribution in [2.24, 2.45) is 5.92 Å². The lowest BCUT2D eigenvalue weighted by Crippen LogP contribution is -2.37. The Kier molecular flexibility index (Phi) is 5.85. The molecule has 6 heteroatoms. The summed E-state index contributed by atoms with van der Waals surface area (Å²) in [6.07, 6.45) is 0.642. The van der Waals surface area contributed by atoms with Crippen LogP contribution in [0.1, 0.15) is 18.9 Å². The summed E-state index contributed by atoms with van der Waals surface area (Å²) >= 11 is 0. The van der Waals surface area contributed by atoms with Crippen molar-refractivity contribution in [3.8, 4) is 0 Å². The molecule has 1 aliphatic rings. The lowest BCUT2D eigenvalue weighted by atomic mass is 10.0. The molecule has 1 heterocycles. The second kappa shape index (κ2) is 7.65. The van der Waals surface area contributed by atoms with E-state index in [-0.39, 0.29) is 43.0 Å². The van der Waals surface area contributed by atoms with Gasteiger partial charge >= 0.3 is 0 Å². The second-order valence-electron chi connectivity index (χ2n) is 5.82. The van der Waals surface area contributed by atoms with Crippen LogP contribution in [0.5, 0.6) is 0 Å². The van der Waals surface area contributed by atoms with E-state index in [0.717, 1.165) is 13.0 Å². The van der Waals surface area contributed by atoms with E-state index in [1.54, 1.807) is 6.92 Å². The Bertz CT molecular complexity index is 503. The number of aliphatic hydroxyl groups excluding tert-OH is 1. The van der Waals surface area contributed by atoms with Gasteiger partial charge in [-0.25, -0.2) is 8.78 Å². The van der Waals surface area contributed by atoms with Crippen LogP contribution in [0.2, 0.25) is 0 Å². The molecule has 0 saturated carbocycles. The number of likely N-dealkylation sites (tertiary alicyclic amines) is 1. The first-order chi connectivity index (χ1) is 10.5. The maximum atomic E-state index is 13.4. The normalized spacial score (nSPS) is 20.1. The first kappa shape index (κ1) is 16.8. The molecule has 1 aromatic rings. The summed E-state index contributed by atoms with van der Waals surface area (Å²) in [5, 5.41) is 12.2. The van der Waals surface area contributed by atoms with Crippen molar-refractivity contribution in [2.75, 3.05) is 26.2 Å². The molecule has 0 aliphatic carbocycles. The van der Waals surface area contributed by atoms with E-state index in [1.807, 2.05) is 4.90 Å². The number of nitrogens with zero attached hydrogens (tertiary/aromatic N) is 1. The van der Waals surface area contributed by atoms with Gasteiger partial charge in [-0.15, -0.1) is 0 Å². The molecule has 2 N–H and O–H groups in total. The summed E-state index contributed by atoms with van der Waals surface area (Å²) in [6, 6.07) is 3.74. The molecule has 4 nitrogen and oxygen atoms in total. The van der Waals surface area contributed by atoms with E-state index >= 15 is 0 Å². The lowest BCUT2D eigenvalue weighted by Gasteiger charge is -2.17. The molecule has 1 fully saturated rings. The highest BCUT2D eigenvalue weighted by Crippen LogP contribution is 2.19. The van der Waals surface area contributed by atoms with Crippen LogP contribution in [0, 0.1) is 17.6 Å². The molecule has 1 aliphatic heterocycles. The molecular formula is C16H22F2N2O2. The van der Waals surface area contributed by atoms with Crippen molar-refractivity contribution in [2.45, 2.75) is 25.9 Å². The van der Waals surface area contributed by atoms with Crippen LogP contribution >= 0.6 is 0 Å². The van der Waals surface area contributed by atoms with Gasteiger partial charge in [-0.2, -0.15) is 0 Å². The monoisotopic (exact) mass is 312 g/mol. The van der Waals surface area contributed by atoms with Crippen molar-refractivity contribution in [1.82, 2.24) is 10.2 Å². The zero-order valence-electron chi connectivity index (χ0n) is 12.7. The topological polar surface area (TPSA) is 52.6 Å². The largest absolute Gasteiger partial charge is 0.393 e. The van der Waals surface area contributed by atoms with Gasteiger partial charge in [0.1, 0.15) is 11.6 Å². The number of halogens is 2. The highest BCUT2D eigenvalue weighted by molar-refractivity contribution is 5.78.